The van der Waals surface area contributed by atoms with Crippen molar-refractivity contribution in [2.45, 2.75) is 23.4 Å². The standard InChI is InChI=1S/C23H21FN4O3S/c1-30-18-10-6-15(7-11-18)20(13-21(29)25-14-19-3-2-12-31-19)32-23-26-22(27-28-23)16-4-8-17(24)9-5-16/h2-12,20H,13-14H2,1H3,(H,25,29)(H,26,27,28)/t20-/m1/s1. The first kappa shape index (κ1) is 21.6. The Morgan fingerprint density at radius 2 is 1.97 bits per heavy atom. The van der Waals surface area contributed by atoms with Crippen LogP contribution in [0.2, 0.25) is 0 Å². The third-order valence-electron chi connectivity index (χ3n) is 4.73. The van der Waals surface area contributed by atoms with Crippen molar-refractivity contribution < 1.29 is 18.3 Å². The predicted molar refractivity (Wildman–Crippen MR) is 119 cm³/mol. The fourth-order valence-corrected chi connectivity index (χ4v) is 4.07. The molecule has 0 bridgehead atoms. The highest BCUT2D eigenvalue weighted by molar-refractivity contribution is 7.99. The van der Waals surface area contributed by atoms with Gasteiger partial charge in [-0.1, -0.05) is 23.9 Å². The highest BCUT2D eigenvalue weighted by Gasteiger charge is 2.20. The van der Waals surface area contributed by atoms with Crippen molar-refractivity contribution in [1.29, 1.82) is 0 Å². The topological polar surface area (TPSA) is 93.0 Å². The van der Waals surface area contributed by atoms with Gasteiger partial charge >= 0.3 is 0 Å². The Morgan fingerprint density at radius 3 is 2.66 bits per heavy atom. The summed E-state index contributed by atoms with van der Waals surface area (Å²) in [4.78, 5) is 17.1. The lowest BCUT2D eigenvalue weighted by atomic mass is 10.1. The SMILES string of the molecule is COc1ccc([C@@H](CC(=O)NCc2ccco2)Sc2n[nH]c(-c3ccc(F)cc3)n2)cc1. The summed E-state index contributed by atoms with van der Waals surface area (Å²) < 4.78 is 23.7. The summed E-state index contributed by atoms with van der Waals surface area (Å²) in [5, 5.41) is 10.3. The lowest BCUT2D eigenvalue weighted by Crippen LogP contribution is -2.23. The molecule has 32 heavy (non-hydrogen) atoms. The molecule has 7 nitrogen and oxygen atoms in total. The molecule has 1 amide bonds. The number of aromatic nitrogens is 3. The van der Waals surface area contributed by atoms with Gasteiger partial charge in [-0.25, -0.2) is 9.37 Å². The monoisotopic (exact) mass is 452 g/mol. The molecule has 9 heteroatoms. The van der Waals surface area contributed by atoms with Crippen LogP contribution < -0.4 is 10.1 Å². The number of hydrogen-bond donors (Lipinski definition) is 2. The van der Waals surface area contributed by atoms with Crippen LogP contribution in [0.4, 0.5) is 4.39 Å². The Bertz CT molecular complexity index is 1140. The van der Waals surface area contributed by atoms with Gasteiger partial charge < -0.3 is 14.5 Å². The molecular weight excluding hydrogens is 431 g/mol. The molecule has 0 spiro atoms. The van der Waals surface area contributed by atoms with Crippen LogP contribution in [-0.4, -0.2) is 28.2 Å². The number of H-pyrrole nitrogens is 1. The molecule has 0 fully saturated rings. The van der Waals surface area contributed by atoms with Crippen molar-refractivity contribution in [3.63, 3.8) is 0 Å². The summed E-state index contributed by atoms with van der Waals surface area (Å²) in [7, 11) is 1.61. The number of carbonyl (C=O) groups is 1. The van der Waals surface area contributed by atoms with E-state index in [1.165, 1.54) is 23.9 Å². The second-order valence-corrected chi connectivity index (χ2v) is 8.08. The minimum Gasteiger partial charge on any atom is -0.497 e. The maximum Gasteiger partial charge on any atom is 0.221 e. The molecule has 2 aromatic carbocycles. The summed E-state index contributed by atoms with van der Waals surface area (Å²) in [5.74, 6) is 1.51. The van der Waals surface area contributed by atoms with Gasteiger partial charge in [-0.05, 0) is 54.1 Å². The number of furan rings is 1. The summed E-state index contributed by atoms with van der Waals surface area (Å²) in [5.41, 5.74) is 1.67. The molecule has 0 aliphatic heterocycles. The number of nitrogens with one attached hydrogen (secondary N) is 2. The van der Waals surface area contributed by atoms with E-state index in [9.17, 15) is 9.18 Å². The Morgan fingerprint density at radius 1 is 1.19 bits per heavy atom. The van der Waals surface area contributed by atoms with Crippen molar-refractivity contribution in [3.05, 3.63) is 84.1 Å². The molecular formula is C23H21FN4O3S. The van der Waals surface area contributed by atoms with E-state index in [1.54, 1.807) is 37.6 Å². The first-order chi connectivity index (χ1) is 15.6. The van der Waals surface area contributed by atoms with Gasteiger partial charge in [-0.2, -0.15) is 0 Å². The number of methoxy groups -OCH3 is 1. The van der Waals surface area contributed by atoms with Gasteiger partial charge in [0.15, 0.2) is 5.82 Å². The van der Waals surface area contributed by atoms with E-state index in [2.05, 4.69) is 20.5 Å². The van der Waals surface area contributed by atoms with Crippen LogP contribution in [0, 0.1) is 5.82 Å². The highest BCUT2D eigenvalue weighted by atomic mass is 32.2. The summed E-state index contributed by atoms with van der Waals surface area (Å²) >= 11 is 1.37. The van der Waals surface area contributed by atoms with Crippen LogP contribution in [0.25, 0.3) is 11.4 Å². The molecule has 0 aliphatic rings. The van der Waals surface area contributed by atoms with Crippen molar-refractivity contribution in [2.24, 2.45) is 0 Å². The van der Waals surface area contributed by atoms with Gasteiger partial charge in [0.2, 0.25) is 11.1 Å². The molecule has 0 unspecified atom stereocenters. The van der Waals surface area contributed by atoms with Gasteiger partial charge in [0.25, 0.3) is 0 Å². The lowest BCUT2D eigenvalue weighted by Gasteiger charge is -2.15. The maximum atomic E-state index is 13.2. The van der Waals surface area contributed by atoms with E-state index in [-0.39, 0.29) is 23.4 Å². The Balaban J connectivity index is 1.49. The minimum atomic E-state index is -0.317. The maximum absolute atomic E-state index is 13.2. The molecule has 0 aliphatic carbocycles. The third kappa shape index (κ3) is 5.55. The summed E-state index contributed by atoms with van der Waals surface area (Å²) in [6, 6.07) is 17.1. The van der Waals surface area contributed by atoms with Crippen molar-refractivity contribution in [3.8, 4) is 17.1 Å². The molecule has 0 saturated heterocycles. The molecule has 1 atom stereocenters. The van der Waals surface area contributed by atoms with Crippen molar-refractivity contribution in [2.75, 3.05) is 7.11 Å². The second-order valence-electron chi connectivity index (χ2n) is 6.91. The Labute approximate surface area is 188 Å². The summed E-state index contributed by atoms with van der Waals surface area (Å²) in [6.45, 7) is 0.321. The first-order valence-electron chi connectivity index (χ1n) is 9.89. The number of thioether (sulfide) groups is 1. The van der Waals surface area contributed by atoms with E-state index in [0.29, 0.717) is 23.3 Å². The number of hydrogen-bond acceptors (Lipinski definition) is 6. The predicted octanol–water partition coefficient (Wildman–Crippen LogP) is 4.75. The molecule has 0 radical (unpaired) electrons. The van der Waals surface area contributed by atoms with E-state index >= 15 is 0 Å². The third-order valence-corrected chi connectivity index (χ3v) is 5.85. The average molecular weight is 453 g/mol. The Hall–Kier alpha value is -3.59. The van der Waals surface area contributed by atoms with Crippen LogP contribution in [-0.2, 0) is 11.3 Å². The van der Waals surface area contributed by atoms with E-state index in [0.717, 1.165) is 16.9 Å². The lowest BCUT2D eigenvalue weighted by molar-refractivity contribution is -0.121. The zero-order valence-electron chi connectivity index (χ0n) is 17.2. The zero-order valence-corrected chi connectivity index (χ0v) is 18.1. The van der Waals surface area contributed by atoms with Crippen LogP contribution in [0.5, 0.6) is 5.75 Å². The number of rotatable bonds is 9. The number of amides is 1. The molecule has 2 aromatic heterocycles. The van der Waals surface area contributed by atoms with Crippen LogP contribution in [0.15, 0.2) is 76.5 Å². The van der Waals surface area contributed by atoms with E-state index in [4.69, 9.17) is 9.15 Å². The second kappa shape index (κ2) is 10.1. The van der Waals surface area contributed by atoms with Crippen molar-refractivity contribution >= 4 is 17.7 Å². The number of benzene rings is 2. The summed E-state index contributed by atoms with van der Waals surface area (Å²) in [6.07, 6.45) is 1.79. The van der Waals surface area contributed by atoms with Gasteiger partial charge in [0, 0.05) is 17.2 Å². The van der Waals surface area contributed by atoms with Gasteiger partial charge in [0.1, 0.15) is 17.3 Å². The van der Waals surface area contributed by atoms with Crippen LogP contribution in [0.1, 0.15) is 23.0 Å². The number of halogens is 1. The molecule has 4 aromatic rings. The fraction of sp³-hybridized carbons (Fsp3) is 0.174. The average Bonchev–Trinajstić information content (AvgIpc) is 3.50. The zero-order chi connectivity index (χ0) is 22.3. The van der Waals surface area contributed by atoms with E-state index in [1.807, 2.05) is 24.3 Å². The van der Waals surface area contributed by atoms with Gasteiger partial charge in [-0.15, -0.1) is 5.10 Å². The fourth-order valence-electron chi connectivity index (χ4n) is 3.05. The van der Waals surface area contributed by atoms with Crippen molar-refractivity contribution in [1.82, 2.24) is 20.5 Å². The molecule has 164 valence electrons. The smallest absolute Gasteiger partial charge is 0.221 e. The van der Waals surface area contributed by atoms with Gasteiger partial charge in [-0.3, -0.25) is 9.89 Å². The molecule has 2 heterocycles. The minimum absolute atomic E-state index is 0.121. The Kier molecular flexibility index (Phi) is 6.86. The first-order valence-corrected chi connectivity index (χ1v) is 10.8. The quantitative estimate of drug-likeness (QED) is 0.356. The highest BCUT2D eigenvalue weighted by Crippen LogP contribution is 2.37. The normalized spacial score (nSPS) is 11.8. The molecule has 2 N–H and O–H groups in total. The van der Waals surface area contributed by atoms with E-state index < -0.39 is 0 Å². The number of ether oxygens (including phenoxy) is 1. The molecule has 4 rings (SSSR count). The largest absolute Gasteiger partial charge is 0.497 e. The number of carbonyl (C=O) groups excluding carboxylic acids is 1. The number of nitrogens with zero attached hydrogens (tertiary/aromatic N) is 2. The number of aromatic amines is 1. The molecule has 0 saturated carbocycles. The van der Waals surface area contributed by atoms with Crippen LogP contribution >= 0.6 is 11.8 Å². The van der Waals surface area contributed by atoms with Gasteiger partial charge in [0.05, 0.1) is 19.9 Å². The van der Waals surface area contributed by atoms with Crippen LogP contribution in [0.3, 0.4) is 0 Å².